The quantitative estimate of drug-likeness (QED) is 0.927. The molecule has 1 atom stereocenters. The van der Waals surface area contributed by atoms with Crippen LogP contribution < -0.4 is 4.74 Å². The largest absolute Gasteiger partial charge is 0.494 e. The Morgan fingerprint density at radius 2 is 2.09 bits per heavy atom. The van der Waals surface area contributed by atoms with Gasteiger partial charge in [0.2, 0.25) is 0 Å². The summed E-state index contributed by atoms with van der Waals surface area (Å²) >= 11 is 0. The van der Waals surface area contributed by atoms with Gasteiger partial charge in [0.25, 0.3) is 5.91 Å². The lowest BCUT2D eigenvalue weighted by Gasteiger charge is -2.28. The number of nitrogens with zero attached hydrogens (tertiary/aromatic N) is 1. The van der Waals surface area contributed by atoms with E-state index in [1.165, 1.54) is 30.2 Å². The van der Waals surface area contributed by atoms with Gasteiger partial charge in [-0.2, -0.15) is 0 Å². The van der Waals surface area contributed by atoms with Crippen LogP contribution in [-0.2, 0) is 4.79 Å². The highest BCUT2D eigenvalue weighted by molar-refractivity contribution is 5.95. The summed E-state index contributed by atoms with van der Waals surface area (Å²) in [6.07, 6.45) is 0.421. The molecule has 1 saturated heterocycles. The summed E-state index contributed by atoms with van der Waals surface area (Å²) in [5, 5.41) is 9.52. The number of methoxy groups -OCH3 is 1. The molecule has 6 heteroatoms. The maximum absolute atomic E-state index is 13.4. The van der Waals surface area contributed by atoms with Crippen molar-refractivity contribution in [1.82, 2.24) is 4.90 Å². The second-order valence-electron chi connectivity index (χ2n) is 5.94. The van der Waals surface area contributed by atoms with Gasteiger partial charge < -0.3 is 14.7 Å². The summed E-state index contributed by atoms with van der Waals surface area (Å²) in [5.41, 5.74) is -0.622. The van der Waals surface area contributed by atoms with Crippen molar-refractivity contribution in [2.24, 2.45) is 11.3 Å². The van der Waals surface area contributed by atoms with E-state index in [1.807, 2.05) is 13.8 Å². The minimum atomic E-state index is -0.917. The topological polar surface area (TPSA) is 66.8 Å². The molecule has 5 nitrogen and oxygen atoms in total. The fourth-order valence-electron chi connectivity index (χ4n) is 2.87. The van der Waals surface area contributed by atoms with Crippen molar-refractivity contribution in [2.45, 2.75) is 20.3 Å². The summed E-state index contributed by atoms with van der Waals surface area (Å²) in [7, 11) is 1.33. The molecule has 0 bridgehead atoms. The molecule has 1 aromatic carbocycles. The van der Waals surface area contributed by atoms with Crippen LogP contribution in [0.25, 0.3) is 0 Å². The number of hydrogen-bond donors (Lipinski definition) is 1. The number of likely N-dealkylation sites (tertiary alicyclic amines) is 1. The number of carbonyl (C=O) groups excluding carboxylic acids is 1. The highest BCUT2D eigenvalue weighted by Gasteiger charge is 2.48. The first-order valence-corrected chi connectivity index (χ1v) is 7.18. The highest BCUT2D eigenvalue weighted by atomic mass is 19.1. The number of carbonyl (C=O) groups is 2. The molecule has 2 rings (SSSR count). The van der Waals surface area contributed by atoms with E-state index >= 15 is 0 Å². The highest BCUT2D eigenvalue weighted by Crippen LogP contribution is 2.38. The van der Waals surface area contributed by atoms with E-state index in [4.69, 9.17) is 4.74 Å². The molecule has 0 aromatic heterocycles. The van der Waals surface area contributed by atoms with Crippen molar-refractivity contribution in [1.29, 1.82) is 0 Å². The summed E-state index contributed by atoms with van der Waals surface area (Å²) < 4.78 is 18.3. The van der Waals surface area contributed by atoms with Gasteiger partial charge in [0.15, 0.2) is 11.6 Å². The fourth-order valence-corrected chi connectivity index (χ4v) is 2.87. The average Bonchev–Trinajstić information content (AvgIpc) is 2.93. The maximum Gasteiger partial charge on any atom is 0.311 e. The van der Waals surface area contributed by atoms with E-state index < -0.39 is 17.2 Å². The first-order valence-electron chi connectivity index (χ1n) is 7.18. The van der Waals surface area contributed by atoms with E-state index in [9.17, 15) is 19.1 Å². The van der Waals surface area contributed by atoms with E-state index in [1.54, 1.807) is 0 Å². The van der Waals surface area contributed by atoms with Crippen molar-refractivity contribution >= 4 is 11.9 Å². The molecule has 1 unspecified atom stereocenters. The first-order chi connectivity index (χ1) is 10.3. The van der Waals surface area contributed by atoms with Gasteiger partial charge in [-0.15, -0.1) is 0 Å². The second kappa shape index (κ2) is 5.94. The molecule has 1 amide bonds. The third kappa shape index (κ3) is 2.65. The maximum atomic E-state index is 13.4. The zero-order chi connectivity index (χ0) is 16.5. The summed E-state index contributed by atoms with van der Waals surface area (Å²) in [6.45, 7) is 4.24. The van der Waals surface area contributed by atoms with E-state index in [0.717, 1.165) is 0 Å². The molecule has 1 fully saturated rings. The van der Waals surface area contributed by atoms with E-state index in [-0.39, 0.29) is 24.1 Å². The molecule has 1 aliphatic rings. The van der Waals surface area contributed by atoms with Crippen LogP contribution in [0.15, 0.2) is 18.2 Å². The molecule has 1 aromatic rings. The molecule has 0 spiro atoms. The summed E-state index contributed by atoms with van der Waals surface area (Å²) in [5.74, 6) is -1.80. The molecule has 22 heavy (non-hydrogen) atoms. The number of carboxylic acids is 1. The Hall–Kier alpha value is -2.11. The van der Waals surface area contributed by atoms with E-state index in [2.05, 4.69) is 0 Å². The SMILES string of the molecule is COc1cc(C(=O)N2CCC(C(=O)O)(C(C)C)C2)ccc1F. The van der Waals surface area contributed by atoms with Crippen molar-refractivity contribution < 1.29 is 23.8 Å². The Morgan fingerprint density at radius 3 is 2.59 bits per heavy atom. The number of ether oxygens (including phenoxy) is 1. The van der Waals surface area contributed by atoms with Crippen molar-refractivity contribution in [3.8, 4) is 5.75 Å². The van der Waals surface area contributed by atoms with Gasteiger partial charge in [0.05, 0.1) is 12.5 Å². The van der Waals surface area contributed by atoms with Crippen LogP contribution in [0.3, 0.4) is 0 Å². The third-order valence-corrected chi connectivity index (χ3v) is 4.52. The monoisotopic (exact) mass is 309 g/mol. The first kappa shape index (κ1) is 16.3. The van der Waals surface area contributed by atoms with Gasteiger partial charge in [-0.25, -0.2) is 4.39 Å². The second-order valence-corrected chi connectivity index (χ2v) is 5.94. The van der Waals surface area contributed by atoms with Crippen LogP contribution in [-0.4, -0.2) is 42.1 Å². The van der Waals surface area contributed by atoms with Gasteiger partial charge in [-0.1, -0.05) is 13.8 Å². The minimum Gasteiger partial charge on any atom is -0.494 e. The lowest BCUT2D eigenvalue weighted by Crippen LogP contribution is -2.40. The van der Waals surface area contributed by atoms with Crippen LogP contribution >= 0.6 is 0 Å². The Balaban J connectivity index is 2.23. The normalized spacial score (nSPS) is 21.2. The summed E-state index contributed by atoms with van der Waals surface area (Å²) in [6, 6.07) is 3.90. The van der Waals surface area contributed by atoms with Crippen LogP contribution in [0.4, 0.5) is 4.39 Å². The number of benzene rings is 1. The van der Waals surface area contributed by atoms with Crippen LogP contribution in [0.2, 0.25) is 0 Å². The standard InChI is InChI=1S/C16H20FNO4/c1-10(2)16(15(20)21)6-7-18(9-16)14(19)11-4-5-12(17)13(8-11)22-3/h4-5,8,10H,6-7,9H2,1-3H3,(H,20,21). The number of hydrogen-bond acceptors (Lipinski definition) is 3. The molecule has 0 radical (unpaired) electrons. The lowest BCUT2D eigenvalue weighted by atomic mass is 9.76. The van der Waals surface area contributed by atoms with Crippen LogP contribution in [0, 0.1) is 17.2 Å². The molecule has 0 saturated carbocycles. The zero-order valence-electron chi connectivity index (χ0n) is 12.9. The Labute approximate surface area is 128 Å². The van der Waals surface area contributed by atoms with Gasteiger partial charge in [0.1, 0.15) is 0 Å². The third-order valence-electron chi connectivity index (χ3n) is 4.52. The number of carboxylic acid groups (broad SMARTS) is 1. The van der Waals surface area contributed by atoms with Gasteiger partial charge in [0, 0.05) is 18.7 Å². The molecular weight excluding hydrogens is 289 g/mol. The van der Waals surface area contributed by atoms with Crippen molar-refractivity contribution in [2.75, 3.05) is 20.2 Å². The molecule has 120 valence electrons. The number of aliphatic carboxylic acids is 1. The smallest absolute Gasteiger partial charge is 0.311 e. The minimum absolute atomic E-state index is 0.00148. The zero-order valence-corrected chi connectivity index (χ0v) is 12.9. The molecule has 0 aliphatic carbocycles. The molecule has 1 aliphatic heterocycles. The summed E-state index contributed by atoms with van der Waals surface area (Å²) in [4.78, 5) is 25.6. The van der Waals surface area contributed by atoms with Gasteiger partial charge in [-0.3, -0.25) is 9.59 Å². The number of rotatable bonds is 4. The Morgan fingerprint density at radius 1 is 1.41 bits per heavy atom. The van der Waals surface area contributed by atoms with Gasteiger partial charge >= 0.3 is 5.97 Å². The van der Waals surface area contributed by atoms with Crippen LogP contribution in [0.5, 0.6) is 5.75 Å². The van der Waals surface area contributed by atoms with Crippen LogP contribution in [0.1, 0.15) is 30.6 Å². The fraction of sp³-hybridized carbons (Fsp3) is 0.500. The molecular formula is C16H20FNO4. The predicted octanol–water partition coefficient (Wildman–Crippen LogP) is 2.41. The number of halogens is 1. The molecule has 1 N–H and O–H groups in total. The lowest BCUT2D eigenvalue weighted by molar-refractivity contribution is -0.150. The average molecular weight is 309 g/mol. The van der Waals surface area contributed by atoms with Gasteiger partial charge in [-0.05, 0) is 30.5 Å². The Bertz CT molecular complexity index is 602. The van der Waals surface area contributed by atoms with E-state index in [0.29, 0.717) is 18.5 Å². The number of amides is 1. The van der Waals surface area contributed by atoms with Crippen molar-refractivity contribution in [3.63, 3.8) is 0 Å². The predicted molar refractivity (Wildman–Crippen MR) is 78.4 cm³/mol. The molecule has 1 heterocycles. The van der Waals surface area contributed by atoms with Crippen molar-refractivity contribution in [3.05, 3.63) is 29.6 Å². The Kier molecular flexibility index (Phi) is 4.39.